The molecule has 0 aromatic carbocycles. The van der Waals surface area contributed by atoms with E-state index in [1.165, 1.54) is 0 Å². The highest BCUT2D eigenvalue weighted by Crippen LogP contribution is 1.99. The molecule has 0 aliphatic heterocycles. The number of carboxylic acid groups (broad SMARTS) is 3. The summed E-state index contributed by atoms with van der Waals surface area (Å²) in [4.78, 5) is 31.8. The molecule has 0 aromatic rings. The lowest BCUT2D eigenvalue weighted by molar-refractivity contribution is -0.150. The maximum absolute atomic E-state index is 10.5. The van der Waals surface area contributed by atoms with Crippen molar-refractivity contribution in [3.63, 3.8) is 0 Å². The number of hydrogen-bond donors (Lipinski definition) is 4. The summed E-state index contributed by atoms with van der Waals surface area (Å²) in [6.45, 7) is -2.37. The molecule has 0 rings (SSSR count). The molecular weight excluding hydrogens is 210 g/mol. The molecule has 0 saturated carbocycles. The second-order valence-electron chi connectivity index (χ2n) is 2.73. The second-order valence-corrected chi connectivity index (χ2v) is 2.73. The van der Waals surface area contributed by atoms with Crippen molar-refractivity contribution in [1.82, 2.24) is 4.90 Å². The van der Waals surface area contributed by atoms with Crippen molar-refractivity contribution in [3.05, 3.63) is 0 Å². The van der Waals surface area contributed by atoms with Crippen LogP contribution in [0.2, 0.25) is 0 Å². The average molecular weight is 221 g/mol. The van der Waals surface area contributed by atoms with Crippen LogP contribution in [-0.4, -0.2) is 69.0 Å². The molecule has 8 heteroatoms. The topological polar surface area (TPSA) is 135 Å². The monoisotopic (exact) mass is 221 g/mol. The predicted octanol–water partition coefficient (Wildman–Crippen LogP) is -2.10. The summed E-state index contributed by atoms with van der Waals surface area (Å²) in [5, 5.41) is 34.1. The maximum Gasteiger partial charge on any atom is 0.323 e. The number of nitrogens with zero attached hydrogens (tertiary/aromatic N) is 1. The minimum atomic E-state index is -1.53. The Labute approximate surface area is 84.4 Å². The van der Waals surface area contributed by atoms with Crippen LogP contribution in [0.15, 0.2) is 0 Å². The minimum absolute atomic E-state index is 0.646. The van der Waals surface area contributed by atoms with Gasteiger partial charge in [0, 0.05) is 0 Å². The van der Waals surface area contributed by atoms with E-state index in [-0.39, 0.29) is 0 Å². The maximum atomic E-state index is 10.5. The van der Waals surface area contributed by atoms with E-state index < -0.39 is 43.6 Å². The second kappa shape index (κ2) is 5.94. The predicted molar refractivity (Wildman–Crippen MR) is 45.4 cm³/mol. The molecule has 0 aliphatic carbocycles. The third-order valence-electron chi connectivity index (χ3n) is 1.58. The van der Waals surface area contributed by atoms with Crippen molar-refractivity contribution >= 4 is 17.9 Å². The number of rotatable bonds is 7. The van der Waals surface area contributed by atoms with E-state index in [2.05, 4.69) is 0 Å². The molecule has 8 nitrogen and oxygen atoms in total. The SMILES string of the molecule is O=C(O)CN(CC(=O)O)C(CO)C(=O)O. The first-order valence-corrected chi connectivity index (χ1v) is 3.89. The van der Waals surface area contributed by atoms with Gasteiger partial charge < -0.3 is 20.4 Å². The largest absolute Gasteiger partial charge is 0.480 e. The molecule has 0 spiro atoms. The zero-order valence-electron chi connectivity index (χ0n) is 7.66. The van der Waals surface area contributed by atoms with Crippen LogP contribution < -0.4 is 0 Å². The highest BCUT2D eigenvalue weighted by atomic mass is 16.4. The van der Waals surface area contributed by atoms with Crippen LogP contribution in [0, 0.1) is 0 Å². The van der Waals surface area contributed by atoms with E-state index in [0.29, 0.717) is 4.90 Å². The summed E-state index contributed by atoms with van der Waals surface area (Å²) in [5.74, 6) is -4.20. The van der Waals surface area contributed by atoms with Gasteiger partial charge in [-0.25, -0.2) is 0 Å². The van der Waals surface area contributed by atoms with Gasteiger partial charge in [0.1, 0.15) is 6.04 Å². The van der Waals surface area contributed by atoms with Crippen molar-refractivity contribution in [3.8, 4) is 0 Å². The van der Waals surface area contributed by atoms with Gasteiger partial charge in [-0.3, -0.25) is 19.3 Å². The Morgan fingerprint density at radius 2 is 1.40 bits per heavy atom. The van der Waals surface area contributed by atoms with E-state index in [4.69, 9.17) is 20.4 Å². The molecule has 0 heterocycles. The summed E-state index contributed by atoms with van der Waals surface area (Å²) in [6, 6.07) is -1.53. The molecule has 0 aliphatic rings. The fourth-order valence-electron chi connectivity index (χ4n) is 0.974. The van der Waals surface area contributed by atoms with Crippen LogP contribution in [0.5, 0.6) is 0 Å². The van der Waals surface area contributed by atoms with Crippen molar-refractivity contribution < 1.29 is 34.8 Å². The smallest absolute Gasteiger partial charge is 0.323 e. The molecule has 1 atom stereocenters. The summed E-state index contributed by atoms with van der Waals surface area (Å²) < 4.78 is 0. The summed E-state index contributed by atoms with van der Waals surface area (Å²) in [6.07, 6.45) is 0. The number of carboxylic acids is 3. The van der Waals surface area contributed by atoms with Crippen molar-refractivity contribution in [2.24, 2.45) is 0 Å². The quantitative estimate of drug-likeness (QED) is 0.384. The highest BCUT2D eigenvalue weighted by Gasteiger charge is 2.28. The molecule has 0 radical (unpaired) electrons. The lowest BCUT2D eigenvalue weighted by Gasteiger charge is -2.23. The average Bonchev–Trinajstić information content (AvgIpc) is 2.01. The Hall–Kier alpha value is -1.67. The number of hydrogen-bond acceptors (Lipinski definition) is 5. The summed E-state index contributed by atoms with van der Waals surface area (Å²) in [5.41, 5.74) is 0. The Morgan fingerprint density at radius 3 is 1.60 bits per heavy atom. The van der Waals surface area contributed by atoms with Gasteiger partial charge in [-0.05, 0) is 0 Å². The lowest BCUT2D eigenvalue weighted by Crippen LogP contribution is -2.48. The lowest BCUT2D eigenvalue weighted by atomic mass is 10.2. The molecule has 15 heavy (non-hydrogen) atoms. The highest BCUT2D eigenvalue weighted by molar-refractivity contribution is 5.78. The Kier molecular flexibility index (Phi) is 5.27. The zero-order chi connectivity index (χ0) is 12.0. The van der Waals surface area contributed by atoms with E-state index in [1.54, 1.807) is 0 Å². The number of aliphatic carboxylic acids is 3. The fourth-order valence-corrected chi connectivity index (χ4v) is 0.974. The van der Waals surface area contributed by atoms with Gasteiger partial charge in [0.05, 0.1) is 19.7 Å². The molecule has 0 aromatic heterocycles. The van der Waals surface area contributed by atoms with Crippen molar-refractivity contribution in [1.29, 1.82) is 0 Å². The normalized spacial score (nSPS) is 12.4. The summed E-state index contributed by atoms with van der Waals surface area (Å²) in [7, 11) is 0. The standard InChI is InChI=1S/C7H11NO7/c9-3-4(7(14)15)8(1-5(10)11)2-6(12)13/h4,9H,1-3H2,(H,10,11)(H,12,13)(H,14,15). The molecule has 1 unspecified atom stereocenters. The molecule has 0 bridgehead atoms. The van der Waals surface area contributed by atoms with Gasteiger partial charge in [-0.1, -0.05) is 0 Å². The molecule has 4 N–H and O–H groups in total. The van der Waals surface area contributed by atoms with Gasteiger partial charge >= 0.3 is 17.9 Å². The first kappa shape index (κ1) is 13.3. The van der Waals surface area contributed by atoms with Crippen LogP contribution in [0.25, 0.3) is 0 Å². The van der Waals surface area contributed by atoms with Gasteiger partial charge in [-0.2, -0.15) is 0 Å². The van der Waals surface area contributed by atoms with Gasteiger partial charge in [0.25, 0.3) is 0 Å². The van der Waals surface area contributed by atoms with Crippen LogP contribution in [-0.2, 0) is 14.4 Å². The summed E-state index contributed by atoms with van der Waals surface area (Å²) >= 11 is 0. The Bertz CT molecular complexity index is 248. The molecule has 86 valence electrons. The number of aliphatic hydroxyl groups excluding tert-OH is 1. The Balaban J connectivity index is 4.64. The Morgan fingerprint density at radius 1 is 1.00 bits per heavy atom. The third-order valence-corrected chi connectivity index (χ3v) is 1.58. The van der Waals surface area contributed by atoms with Gasteiger partial charge in [0.2, 0.25) is 0 Å². The van der Waals surface area contributed by atoms with Crippen LogP contribution >= 0.6 is 0 Å². The first-order chi connectivity index (χ1) is 6.88. The van der Waals surface area contributed by atoms with E-state index in [1.807, 2.05) is 0 Å². The molecule has 0 amide bonds. The van der Waals surface area contributed by atoms with Crippen molar-refractivity contribution in [2.45, 2.75) is 6.04 Å². The van der Waals surface area contributed by atoms with Gasteiger partial charge in [-0.15, -0.1) is 0 Å². The minimum Gasteiger partial charge on any atom is -0.480 e. The van der Waals surface area contributed by atoms with Crippen molar-refractivity contribution in [2.75, 3.05) is 19.7 Å². The van der Waals surface area contributed by atoms with E-state index in [9.17, 15) is 14.4 Å². The molecular formula is C7H11NO7. The number of aliphatic hydroxyl groups is 1. The first-order valence-electron chi connectivity index (χ1n) is 3.89. The van der Waals surface area contributed by atoms with Crippen LogP contribution in [0.1, 0.15) is 0 Å². The zero-order valence-corrected chi connectivity index (χ0v) is 7.66. The van der Waals surface area contributed by atoms with Gasteiger partial charge in [0.15, 0.2) is 0 Å². The van der Waals surface area contributed by atoms with E-state index in [0.717, 1.165) is 0 Å². The van der Waals surface area contributed by atoms with E-state index >= 15 is 0 Å². The molecule has 0 saturated heterocycles. The number of carbonyl (C=O) groups is 3. The molecule has 0 fully saturated rings. The van der Waals surface area contributed by atoms with Crippen LogP contribution in [0.3, 0.4) is 0 Å². The fraction of sp³-hybridized carbons (Fsp3) is 0.571. The van der Waals surface area contributed by atoms with Crippen LogP contribution in [0.4, 0.5) is 0 Å². The third kappa shape index (κ3) is 4.93.